The molecule has 9 rings (SSSR count). The Morgan fingerprint density at radius 3 is 2.43 bits per heavy atom. The van der Waals surface area contributed by atoms with Gasteiger partial charge in [0.05, 0.1) is 23.6 Å². The molecule has 4 amide bonds. The van der Waals surface area contributed by atoms with Gasteiger partial charge in [0.25, 0.3) is 6.43 Å². The van der Waals surface area contributed by atoms with E-state index >= 15 is 0 Å². The zero-order valence-electron chi connectivity index (χ0n) is 39.2. The van der Waals surface area contributed by atoms with E-state index in [1.54, 1.807) is 43.9 Å². The zero-order valence-corrected chi connectivity index (χ0v) is 39.2. The lowest BCUT2D eigenvalue weighted by atomic mass is 9.92. The van der Waals surface area contributed by atoms with Crippen molar-refractivity contribution in [1.29, 1.82) is 5.41 Å². The third-order valence-electron chi connectivity index (χ3n) is 14.9. The average Bonchev–Trinajstić information content (AvgIpc) is 3.84. The van der Waals surface area contributed by atoms with Crippen LogP contribution < -0.4 is 26.5 Å². The molecular weight excluding hydrogens is 875 g/mol. The van der Waals surface area contributed by atoms with Crippen LogP contribution in [0.5, 0.6) is 0 Å². The molecular formula is C49H62F2N12O5. The number of carbonyl (C=O) groups excluding carboxylic acids is 4. The average molecular weight is 937 g/mol. The number of hydrogen-bond donors (Lipinski definition) is 4. The van der Waals surface area contributed by atoms with Gasteiger partial charge in [-0.05, 0) is 105 Å². The third kappa shape index (κ3) is 9.16. The second kappa shape index (κ2) is 19.7. The first kappa shape index (κ1) is 46.7. The number of amides is 4. The molecule has 68 heavy (non-hydrogen) atoms. The van der Waals surface area contributed by atoms with E-state index in [4.69, 9.17) is 10.5 Å². The minimum absolute atomic E-state index is 0.0230. The Morgan fingerprint density at radius 2 is 1.72 bits per heavy atom. The van der Waals surface area contributed by atoms with Crippen LogP contribution in [0.4, 0.5) is 26.0 Å². The smallest absolute Gasteiger partial charge is 0.329 e. The van der Waals surface area contributed by atoms with Crippen molar-refractivity contribution in [2.75, 3.05) is 69.6 Å². The van der Waals surface area contributed by atoms with Gasteiger partial charge in [-0.3, -0.25) is 38.3 Å². The van der Waals surface area contributed by atoms with Crippen LogP contribution in [0, 0.1) is 11.3 Å². The van der Waals surface area contributed by atoms with Crippen molar-refractivity contribution in [3.63, 3.8) is 0 Å². The topological polar surface area (TPSA) is 186 Å². The molecule has 7 heterocycles. The van der Waals surface area contributed by atoms with Crippen LogP contribution in [-0.2, 0) is 45.6 Å². The van der Waals surface area contributed by atoms with Gasteiger partial charge in [0.1, 0.15) is 6.04 Å². The standard InChI is InChI=1S/C49H62F2N12O5/c1-30(64)60-22-14-39-38(29-60)47(61-16-4-5-32-23-36(33(26-52)28-53-2)37(46(50)51)25-42(32)61)56-63(39)35-12-20-59(21-13-35)45(66)15-19-58-17-10-31(11-18-58)27-54-34-6-7-40-43(24-34)57(3)49(68)62(40)41-8-9-44(65)55-48(41)67/h6-7,23-26,28,31,35,41,46,52-54H,4-5,8-22,27,29H2,1-3H3,(H,55,65,67)/b33-28+,52-26?. The van der Waals surface area contributed by atoms with Gasteiger partial charge in [-0.15, -0.1) is 0 Å². The minimum Gasteiger partial charge on any atom is -0.393 e. The number of anilines is 3. The molecule has 3 saturated heterocycles. The molecule has 4 N–H and O–H groups in total. The molecule has 3 fully saturated rings. The van der Waals surface area contributed by atoms with E-state index in [0.717, 1.165) is 80.5 Å². The fraction of sp³-hybridized carbons (Fsp3) is 0.531. The molecule has 5 aliphatic rings. The lowest BCUT2D eigenvalue weighted by Gasteiger charge is -2.35. The largest absolute Gasteiger partial charge is 0.393 e. The van der Waals surface area contributed by atoms with Crippen LogP contribution >= 0.6 is 0 Å². The number of imidazole rings is 1. The van der Waals surface area contributed by atoms with Crippen molar-refractivity contribution in [3.8, 4) is 0 Å². The highest BCUT2D eigenvalue weighted by Crippen LogP contribution is 2.43. The number of benzene rings is 2. The summed E-state index contributed by atoms with van der Waals surface area (Å²) >= 11 is 0. The summed E-state index contributed by atoms with van der Waals surface area (Å²) in [4.78, 5) is 72.0. The molecule has 0 bridgehead atoms. The van der Waals surface area contributed by atoms with Crippen LogP contribution in [0.3, 0.4) is 0 Å². The number of piperidine rings is 3. The highest BCUT2D eigenvalue weighted by atomic mass is 19.3. The van der Waals surface area contributed by atoms with Crippen molar-refractivity contribution in [2.24, 2.45) is 13.0 Å². The first-order valence-electron chi connectivity index (χ1n) is 24.1. The molecule has 1 atom stereocenters. The number of carbonyl (C=O) groups is 4. The number of fused-ring (bicyclic) bond motifs is 3. The maximum Gasteiger partial charge on any atom is 0.329 e. The normalized spacial score (nSPS) is 19.9. The Balaban J connectivity index is 0.796. The number of aryl methyl sites for hydroxylation is 2. The molecule has 1 unspecified atom stereocenters. The van der Waals surface area contributed by atoms with E-state index in [9.17, 15) is 32.8 Å². The zero-order chi connectivity index (χ0) is 47.8. The minimum atomic E-state index is -2.75. The van der Waals surface area contributed by atoms with Crippen molar-refractivity contribution >= 4 is 63.6 Å². The first-order valence-corrected chi connectivity index (χ1v) is 24.1. The monoisotopic (exact) mass is 936 g/mol. The number of aromatic nitrogens is 4. The fourth-order valence-electron chi connectivity index (χ4n) is 11.0. The van der Waals surface area contributed by atoms with E-state index in [1.807, 2.05) is 28.0 Å². The van der Waals surface area contributed by atoms with E-state index in [1.165, 1.54) is 4.57 Å². The summed E-state index contributed by atoms with van der Waals surface area (Å²) in [6, 6.07) is 8.40. The molecule has 0 spiro atoms. The maximum absolute atomic E-state index is 14.7. The van der Waals surface area contributed by atoms with Crippen molar-refractivity contribution in [2.45, 2.75) is 96.2 Å². The number of likely N-dealkylation sites (tertiary alicyclic amines) is 2. The van der Waals surface area contributed by atoms with Crippen molar-refractivity contribution in [3.05, 3.63) is 75.0 Å². The number of hydrogen-bond acceptors (Lipinski definition) is 11. The SMILES string of the molecule is CN/C=C(\C=N)c1cc2c(cc1C(F)F)N(c1nn(C3CCN(C(=O)CCN4CCC(CNc5ccc6c(c5)n(C)c(=O)n6C5CCC(=O)NC5=O)CC4)CC3)c3c1CN(C(C)=O)CC3)CCC2. The second-order valence-corrected chi connectivity index (χ2v) is 19.0. The Bertz CT molecular complexity index is 2710. The van der Waals surface area contributed by atoms with Crippen molar-refractivity contribution in [1.82, 2.24) is 44.2 Å². The molecule has 0 saturated carbocycles. The Kier molecular flexibility index (Phi) is 13.5. The van der Waals surface area contributed by atoms with Crippen molar-refractivity contribution < 1.29 is 28.0 Å². The number of alkyl halides is 2. The lowest BCUT2D eigenvalue weighted by molar-refractivity contribution is -0.136. The molecule has 5 aliphatic heterocycles. The molecule has 2 aromatic carbocycles. The molecule has 0 aliphatic carbocycles. The first-order chi connectivity index (χ1) is 32.8. The number of allylic oxidation sites excluding steroid dienone is 1. The maximum atomic E-state index is 14.7. The number of imide groups is 1. The molecule has 362 valence electrons. The molecule has 2 aromatic heterocycles. The summed E-state index contributed by atoms with van der Waals surface area (Å²) in [5.41, 5.74) is 6.16. The molecule has 0 radical (unpaired) electrons. The van der Waals surface area contributed by atoms with Gasteiger partial charge < -0.3 is 35.6 Å². The van der Waals surface area contributed by atoms with Gasteiger partial charge in [-0.1, -0.05) is 0 Å². The summed E-state index contributed by atoms with van der Waals surface area (Å²) in [5.74, 6) is 0.505. The molecule has 19 heteroatoms. The highest BCUT2D eigenvalue weighted by molar-refractivity contribution is 6.09. The summed E-state index contributed by atoms with van der Waals surface area (Å²) in [5, 5.41) is 22.0. The van der Waals surface area contributed by atoms with Gasteiger partial charge in [0.15, 0.2) is 5.82 Å². The van der Waals surface area contributed by atoms with Crippen LogP contribution in [0.25, 0.3) is 16.6 Å². The number of nitrogens with one attached hydrogen (secondary N) is 4. The van der Waals surface area contributed by atoms with Crippen LogP contribution in [0.1, 0.15) is 105 Å². The van der Waals surface area contributed by atoms with E-state index in [0.29, 0.717) is 98.1 Å². The fourth-order valence-corrected chi connectivity index (χ4v) is 11.0. The van der Waals surface area contributed by atoms with Gasteiger partial charge in [-0.25, -0.2) is 13.6 Å². The second-order valence-electron chi connectivity index (χ2n) is 19.0. The van der Waals surface area contributed by atoms with Gasteiger partial charge in [-0.2, -0.15) is 5.10 Å². The van der Waals surface area contributed by atoms with Gasteiger partial charge in [0.2, 0.25) is 23.6 Å². The Morgan fingerprint density at radius 1 is 0.941 bits per heavy atom. The highest BCUT2D eigenvalue weighted by Gasteiger charge is 2.36. The summed E-state index contributed by atoms with van der Waals surface area (Å²) in [7, 11) is 3.37. The van der Waals surface area contributed by atoms with E-state index in [2.05, 4.69) is 30.4 Å². The van der Waals surface area contributed by atoms with E-state index < -0.39 is 18.4 Å². The number of halogens is 2. The van der Waals surface area contributed by atoms with Gasteiger partial charge >= 0.3 is 5.69 Å². The van der Waals surface area contributed by atoms with Crippen LogP contribution in [0.15, 0.2) is 41.3 Å². The predicted molar refractivity (Wildman–Crippen MR) is 255 cm³/mol. The van der Waals surface area contributed by atoms with Gasteiger partial charge in [0, 0.05) is 126 Å². The summed E-state index contributed by atoms with van der Waals surface area (Å²) < 4.78 is 34.5. The van der Waals surface area contributed by atoms with Crippen LogP contribution in [-0.4, -0.2) is 123 Å². The third-order valence-corrected chi connectivity index (χ3v) is 14.9. The summed E-state index contributed by atoms with van der Waals surface area (Å²) in [6.07, 6.45) is 6.44. The molecule has 17 nitrogen and oxygen atoms in total. The summed E-state index contributed by atoms with van der Waals surface area (Å²) in [6.45, 7) is 7.65. The van der Waals surface area contributed by atoms with Crippen LogP contribution in [0.2, 0.25) is 0 Å². The van der Waals surface area contributed by atoms with E-state index in [-0.39, 0.29) is 47.9 Å². The predicted octanol–water partition coefficient (Wildman–Crippen LogP) is 5.03. The lowest BCUT2D eigenvalue weighted by Crippen LogP contribution is -2.44. The Hall–Kier alpha value is -6.37. The number of nitrogens with zero attached hydrogens (tertiary/aromatic N) is 8. The molecule has 4 aromatic rings. The Labute approximate surface area is 394 Å². The quantitative estimate of drug-likeness (QED) is 0.105. The number of rotatable bonds is 13.